The van der Waals surface area contributed by atoms with Gasteiger partial charge in [-0.1, -0.05) is 160 Å². The minimum Gasteiger partial charge on any atom is -0.462 e. The van der Waals surface area contributed by atoms with Crippen molar-refractivity contribution in [2.24, 2.45) is 5.92 Å². The molecule has 0 aromatic rings. The van der Waals surface area contributed by atoms with Crippen molar-refractivity contribution in [1.82, 2.24) is 0 Å². The van der Waals surface area contributed by atoms with E-state index in [1.54, 1.807) is 0 Å². The number of aliphatic hydroxyl groups excluding tert-OH is 1. The maximum absolute atomic E-state index is 12.7. The highest BCUT2D eigenvalue weighted by molar-refractivity contribution is 7.47. The van der Waals surface area contributed by atoms with Gasteiger partial charge < -0.3 is 34.0 Å². The van der Waals surface area contributed by atoms with Crippen LogP contribution in [0.4, 0.5) is 0 Å². The Bertz CT molecular complexity index is 1320. The Hall–Kier alpha value is -1.70. The summed E-state index contributed by atoms with van der Waals surface area (Å²) in [6.07, 6.45) is 37.3. The van der Waals surface area contributed by atoms with Crippen molar-refractivity contribution in [3.05, 3.63) is 36.5 Å². The van der Waals surface area contributed by atoms with Crippen LogP contribution in [0.2, 0.25) is 0 Å². The fraction of sp³-hybridized carbons (Fsp3) is 0.826. The van der Waals surface area contributed by atoms with Gasteiger partial charge in [0.05, 0.1) is 32.0 Å². The SMILES string of the molecule is CCCCC/C=C\C/C=C\C/C=C\CC1OC1CCCC(=O)OC[C@H](COP(=O)(O)OC[C@@H](O)COP(=O)(O)O)OC(=O)CCCCCCCCCCCCCCCCC(C)C. The van der Waals surface area contributed by atoms with Crippen LogP contribution in [0.1, 0.15) is 188 Å². The summed E-state index contributed by atoms with van der Waals surface area (Å²) in [6.45, 7) is 4.00. The molecular formula is C46H84O14P2. The van der Waals surface area contributed by atoms with Gasteiger partial charge in [0.15, 0.2) is 6.10 Å². The predicted octanol–water partition coefficient (Wildman–Crippen LogP) is 11.3. The summed E-state index contributed by atoms with van der Waals surface area (Å²) in [7, 11) is -9.70. The molecule has 1 fully saturated rings. The zero-order valence-corrected chi connectivity index (χ0v) is 40.1. The number of ether oxygens (including phenoxy) is 3. The smallest absolute Gasteiger partial charge is 0.462 e. The van der Waals surface area contributed by atoms with Crippen LogP contribution in [-0.4, -0.2) is 82.6 Å². The van der Waals surface area contributed by atoms with E-state index in [2.05, 4.69) is 61.8 Å². The molecule has 0 bridgehead atoms. The highest BCUT2D eigenvalue weighted by Crippen LogP contribution is 2.44. The van der Waals surface area contributed by atoms with Crippen molar-refractivity contribution < 1.29 is 66.3 Å². The van der Waals surface area contributed by atoms with E-state index in [4.69, 9.17) is 33.0 Å². The Morgan fingerprint density at radius 2 is 1.15 bits per heavy atom. The van der Waals surface area contributed by atoms with Gasteiger partial charge in [-0.15, -0.1) is 0 Å². The van der Waals surface area contributed by atoms with Gasteiger partial charge in [0.1, 0.15) is 12.7 Å². The Kier molecular flexibility index (Phi) is 35.3. The van der Waals surface area contributed by atoms with Gasteiger partial charge in [-0.2, -0.15) is 0 Å². The maximum Gasteiger partial charge on any atom is 0.472 e. The van der Waals surface area contributed by atoms with Crippen molar-refractivity contribution in [3.63, 3.8) is 0 Å². The minimum absolute atomic E-state index is 0.0809. The Labute approximate surface area is 373 Å². The van der Waals surface area contributed by atoms with Gasteiger partial charge in [0.2, 0.25) is 0 Å². The molecule has 0 aromatic heterocycles. The molecule has 1 aliphatic rings. The standard InChI is InChI=1S/C46H84O14P2/c1-4-5-6-7-8-9-10-16-19-22-25-28-32-43-44(60-43)33-30-35-45(48)55-38-42(39-58-62(53,54)57-37-41(47)36-56-61(50,51)52)59-46(49)34-29-26-23-20-17-14-12-11-13-15-18-21-24-27-31-40(2)3/h8-9,16,19,25,28,40-44,47H,4-7,10-15,17-18,20-24,26-27,29-39H2,1-3H3,(H,53,54)(H2,50,51,52)/b9-8-,19-16-,28-25-/t41-,42+,43?,44?/m0/s1. The number of carbonyl (C=O) groups is 2. The van der Waals surface area contributed by atoms with Crippen LogP contribution < -0.4 is 0 Å². The summed E-state index contributed by atoms with van der Waals surface area (Å²) in [6, 6.07) is 0. The molecule has 1 heterocycles. The zero-order valence-electron chi connectivity index (χ0n) is 38.3. The van der Waals surface area contributed by atoms with Crippen LogP contribution in [0.15, 0.2) is 36.5 Å². The molecule has 362 valence electrons. The highest BCUT2D eigenvalue weighted by atomic mass is 31.2. The first-order valence-electron chi connectivity index (χ1n) is 23.7. The van der Waals surface area contributed by atoms with Crippen LogP contribution in [0.5, 0.6) is 0 Å². The summed E-state index contributed by atoms with van der Waals surface area (Å²) >= 11 is 0. The molecule has 0 spiro atoms. The van der Waals surface area contributed by atoms with Crippen LogP contribution >= 0.6 is 15.6 Å². The van der Waals surface area contributed by atoms with Crippen molar-refractivity contribution in [3.8, 4) is 0 Å². The Morgan fingerprint density at radius 3 is 1.74 bits per heavy atom. The minimum atomic E-state index is -4.87. The third-order valence-electron chi connectivity index (χ3n) is 10.4. The van der Waals surface area contributed by atoms with Gasteiger partial charge in [-0.3, -0.25) is 23.2 Å². The predicted molar refractivity (Wildman–Crippen MR) is 243 cm³/mol. The van der Waals surface area contributed by atoms with E-state index in [0.717, 1.165) is 50.9 Å². The second-order valence-corrected chi connectivity index (χ2v) is 19.6. The van der Waals surface area contributed by atoms with E-state index in [9.17, 15) is 28.7 Å². The van der Waals surface area contributed by atoms with Gasteiger partial charge in [0, 0.05) is 12.8 Å². The van der Waals surface area contributed by atoms with Crippen LogP contribution in [-0.2, 0) is 46.5 Å². The number of phosphoric ester groups is 2. The van der Waals surface area contributed by atoms with Gasteiger partial charge in [-0.05, 0) is 57.3 Å². The molecule has 4 N–H and O–H groups in total. The number of phosphoric acid groups is 2. The second-order valence-electron chi connectivity index (χ2n) is 16.9. The number of esters is 2. The first-order chi connectivity index (χ1) is 29.7. The summed E-state index contributed by atoms with van der Waals surface area (Å²) in [4.78, 5) is 52.9. The first-order valence-corrected chi connectivity index (χ1v) is 26.7. The molecule has 0 saturated carbocycles. The normalized spacial score (nSPS) is 17.6. The van der Waals surface area contributed by atoms with Crippen molar-refractivity contribution in [2.45, 2.75) is 212 Å². The third kappa shape index (κ3) is 38.7. The number of unbranched alkanes of at least 4 members (excludes halogenated alkanes) is 16. The number of rotatable bonds is 43. The zero-order chi connectivity index (χ0) is 45.7. The Balaban J connectivity index is 2.37. The van der Waals surface area contributed by atoms with E-state index < -0.39 is 66.2 Å². The third-order valence-corrected chi connectivity index (χ3v) is 11.8. The van der Waals surface area contributed by atoms with Crippen LogP contribution in [0.25, 0.3) is 0 Å². The first kappa shape index (κ1) is 58.3. The second kappa shape index (κ2) is 37.5. The van der Waals surface area contributed by atoms with Crippen molar-refractivity contribution in [2.75, 3.05) is 26.4 Å². The van der Waals surface area contributed by atoms with Gasteiger partial charge >= 0.3 is 27.6 Å². The van der Waals surface area contributed by atoms with Crippen molar-refractivity contribution >= 4 is 27.6 Å². The number of epoxide rings is 1. The van der Waals surface area contributed by atoms with E-state index in [0.29, 0.717) is 19.3 Å². The van der Waals surface area contributed by atoms with E-state index in [1.165, 1.54) is 89.9 Å². The molecule has 3 unspecified atom stereocenters. The number of carbonyl (C=O) groups excluding carboxylic acids is 2. The fourth-order valence-electron chi connectivity index (χ4n) is 6.68. The number of aliphatic hydroxyl groups is 1. The molecule has 0 amide bonds. The van der Waals surface area contributed by atoms with Crippen LogP contribution in [0.3, 0.4) is 0 Å². The molecule has 0 aromatic carbocycles. The summed E-state index contributed by atoms with van der Waals surface area (Å²) < 4.78 is 53.7. The number of hydrogen-bond donors (Lipinski definition) is 4. The van der Waals surface area contributed by atoms with Gasteiger partial charge in [-0.25, -0.2) is 9.13 Å². The quantitative estimate of drug-likeness (QED) is 0.0148. The summed E-state index contributed by atoms with van der Waals surface area (Å²) in [5.74, 6) is -0.297. The summed E-state index contributed by atoms with van der Waals surface area (Å²) in [5.41, 5.74) is 0. The lowest BCUT2D eigenvalue weighted by Crippen LogP contribution is -2.30. The average molecular weight is 923 g/mol. The molecule has 62 heavy (non-hydrogen) atoms. The largest absolute Gasteiger partial charge is 0.472 e. The van der Waals surface area contributed by atoms with E-state index in [-0.39, 0.29) is 25.0 Å². The molecule has 0 radical (unpaired) electrons. The molecule has 1 rings (SSSR count). The van der Waals surface area contributed by atoms with E-state index >= 15 is 0 Å². The van der Waals surface area contributed by atoms with Crippen molar-refractivity contribution in [1.29, 1.82) is 0 Å². The molecule has 16 heteroatoms. The maximum atomic E-state index is 12.7. The lowest BCUT2D eigenvalue weighted by Gasteiger charge is -2.20. The fourth-order valence-corrected chi connectivity index (χ4v) is 7.83. The number of allylic oxidation sites excluding steroid dienone is 5. The Morgan fingerprint density at radius 1 is 0.613 bits per heavy atom. The molecule has 1 saturated heterocycles. The van der Waals surface area contributed by atoms with Crippen LogP contribution in [0, 0.1) is 5.92 Å². The average Bonchev–Trinajstić information content (AvgIpc) is 3.97. The molecule has 14 nitrogen and oxygen atoms in total. The highest BCUT2D eigenvalue weighted by Gasteiger charge is 2.37. The number of hydrogen-bond acceptors (Lipinski definition) is 11. The topological polar surface area (TPSA) is 208 Å². The molecule has 1 aliphatic heterocycles. The van der Waals surface area contributed by atoms with Gasteiger partial charge in [0.25, 0.3) is 0 Å². The lowest BCUT2D eigenvalue weighted by atomic mass is 10.0. The monoisotopic (exact) mass is 923 g/mol. The van der Waals surface area contributed by atoms with E-state index in [1.807, 2.05) is 0 Å². The molecular weight excluding hydrogens is 838 g/mol. The summed E-state index contributed by atoms with van der Waals surface area (Å²) in [5, 5.41) is 9.77. The molecule has 0 aliphatic carbocycles. The lowest BCUT2D eigenvalue weighted by molar-refractivity contribution is -0.161. The molecule has 5 atom stereocenters.